The zero-order valence-corrected chi connectivity index (χ0v) is 24.7. The first-order chi connectivity index (χ1) is 20.9. The predicted octanol–water partition coefficient (Wildman–Crippen LogP) is 5.79. The molecule has 2 aromatic carbocycles. The van der Waals surface area contributed by atoms with Crippen molar-refractivity contribution in [2.45, 2.75) is 38.5 Å². The van der Waals surface area contributed by atoms with Gasteiger partial charge in [-0.15, -0.1) is 0 Å². The van der Waals surface area contributed by atoms with Gasteiger partial charge in [-0.2, -0.15) is 13.9 Å². The molecule has 1 aliphatic heterocycles. The van der Waals surface area contributed by atoms with E-state index in [2.05, 4.69) is 15.4 Å². The first-order valence-corrected chi connectivity index (χ1v) is 14.2. The number of nitrogens with zero attached hydrogens (tertiary/aromatic N) is 5. The maximum atomic E-state index is 15.4. The number of hydrazine groups is 1. The highest BCUT2D eigenvalue weighted by atomic mass is 35.5. The number of hydrogen-bond donors (Lipinski definition) is 3. The van der Waals surface area contributed by atoms with Crippen molar-refractivity contribution >= 4 is 40.5 Å². The number of hydrogen-bond acceptors (Lipinski definition) is 7. The number of carbonyl (C=O) groups excluding carboxylic acids is 1. The van der Waals surface area contributed by atoms with Crippen LogP contribution in [-0.4, -0.2) is 31.4 Å². The highest BCUT2D eigenvalue weighted by molar-refractivity contribution is 6.31. The highest BCUT2D eigenvalue weighted by Gasteiger charge is 2.30. The molecule has 2 bridgehead atoms. The molecule has 15 heteroatoms. The van der Waals surface area contributed by atoms with E-state index >= 15 is 4.39 Å². The Labute approximate surface area is 259 Å². The van der Waals surface area contributed by atoms with E-state index in [9.17, 15) is 18.4 Å². The molecule has 0 saturated carbocycles. The van der Waals surface area contributed by atoms with Gasteiger partial charge in [-0.1, -0.05) is 48.3 Å². The monoisotopic (exact) mass is 646 g/mol. The molecule has 3 heterocycles. The van der Waals surface area contributed by atoms with Crippen LogP contribution in [0.4, 0.5) is 24.5 Å². The second kappa shape index (κ2) is 12.7. The van der Waals surface area contributed by atoms with Crippen molar-refractivity contribution in [3.05, 3.63) is 93.4 Å². The van der Waals surface area contributed by atoms with Crippen molar-refractivity contribution < 1.29 is 18.0 Å². The van der Waals surface area contributed by atoms with Gasteiger partial charge < -0.3 is 11.1 Å². The number of halogens is 5. The van der Waals surface area contributed by atoms with Gasteiger partial charge in [0.25, 0.3) is 5.56 Å². The van der Waals surface area contributed by atoms with E-state index in [4.69, 9.17) is 34.8 Å². The number of fused-ring (bicyclic) bond motifs is 4. The Hall–Kier alpha value is -4.33. The fraction of sp³-hybridized carbons (Fsp3) is 0.241. The van der Waals surface area contributed by atoms with Crippen molar-refractivity contribution in [2.75, 3.05) is 10.3 Å². The largest absolute Gasteiger partial charge is 0.388 e. The summed E-state index contributed by atoms with van der Waals surface area (Å²) in [5.41, 5.74) is 6.95. The molecule has 0 spiro atoms. The van der Waals surface area contributed by atoms with E-state index in [1.807, 2.05) is 0 Å². The lowest BCUT2D eigenvalue weighted by atomic mass is 9.93. The van der Waals surface area contributed by atoms with Gasteiger partial charge in [0.2, 0.25) is 5.91 Å². The number of nitrogens with one attached hydrogen (secondary N) is 1. The number of aromatic nitrogens is 4. The predicted molar refractivity (Wildman–Crippen MR) is 163 cm³/mol. The van der Waals surface area contributed by atoms with E-state index < -0.39 is 36.1 Å². The minimum Gasteiger partial charge on any atom is -0.388 e. The average molecular weight is 647 g/mol. The van der Waals surface area contributed by atoms with Gasteiger partial charge in [-0.25, -0.2) is 19.9 Å². The molecule has 0 aliphatic carbocycles. The number of anilines is 2. The van der Waals surface area contributed by atoms with Crippen molar-refractivity contribution in [1.82, 2.24) is 19.3 Å². The van der Waals surface area contributed by atoms with Crippen LogP contribution in [0.15, 0.2) is 77.2 Å². The molecule has 5 rings (SSSR count). The zero-order chi connectivity index (χ0) is 31.7. The number of carbonyl (C=O) groups is 1. The van der Waals surface area contributed by atoms with E-state index in [1.165, 1.54) is 30.1 Å². The first-order valence-electron chi connectivity index (χ1n) is 13.4. The molecule has 5 N–H and O–H groups in total. The van der Waals surface area contributed by atoms with E-state index in [0.29, 0.717) is 32.1 Å². The van der Waals surface area contributed by atoms with Gasteiger partial charge in [-0.05, 0) is 42.7 Å². The van der Waals surface area contributed by atoms with Crippen molar-refractivity contribution in [3.8, 4) is 22.5 Å². The molecular formula is C29H27Cl2F3N8O2. The third-order valence-corrected chi connectivity index (χ3v) is 7.73. The van der Waals surface area contributed by atoms with Gasteiger partial charge >= 0.3 is 6.55 Å². The summed E-state index contributed by atoms with van der Waals surface area (Å²) in [5.74, 6) is 4.31. The average Bonchev–Trinajstić information content (AvgIpc) is 3.40. The maximum absolute atomic E-state index is 15.4. The number of amides is 1. The lowest BCUT2D eigenvalue weighted by molar-refractivity contribution is -0.121. The summed E-state index contributed by atoms with van der Waals surface area (Å²) in [5, 5.41) is 7.73. The van der Waals surface area contributed by atoms with E-state index in [1.54, 1.807) is 42.5 Å². The van der Waals surface area contributed by atoms with Crippen LogP contribution in [0.2, 0.25) is 5.02 Å². The Kier molecular flexibility index (Phi) is 9.00. The number of rotatable bonds is 5. The van der Waals surface area contributed by atoms with Crippen LogP contribution in [0.3, 0.4) is 0 Å². The Morgan fingerprint density at radius 3 is 2.66 bits per heavy atom. The molecule has 3 atom stereocenters. The second-order valence-corrected chi connectivity index (χ2v) is 11.1. The number of nitrogens with two attached hydrogens (primary N) is 2. The Bertz CT molecular complexity index is 1790. The van der Waals surface area contributed by atoms with Crippen LogP contribution in [0.1, 0.15) is 37.9 Å². The maximum Gasteiger partial charge on any atom is 0.333 e. The molecular weight excluding hydrogens is 620 g/mol. The van der Waals surface area contributed by atoms with Gasteiger partial charge in [0.15, 0.2) is 0 Å². The van der Waals surface area contributed by atoms with Crippen LogP contribution in [0, 0.1) is 5.92 Å². The minimum atomic E-state index is -3.01. The fourth-order valence-electron chi connectivity index (χ4n) is 5.16. The lowest BCUT2D eigenvalue weighted by Crippen LogP contribution is -2.31. The van der Waals surface area contributed by atoms with Gasteiger partial charge in [0.05, 0.1) is 53.4 Å². The van der Waals surface area contributed by atoms with Crippen molar-refractivity contribution in [3.63, 3.8) is 0 Å². The van der Waals surface area contributed by atoms with Gasteiger partial charge in [0.1, 0.15) is 11.3 Å². The minimum absolute atomic E-state index is 0.0175. The number of benzene rings is 2. The zero-order valence-electron chi connectivity index (χ0n) is 23.2. The smallest absolute Gasteiger partial charge is 0.333 e. The van der Waals surface area contributed by atoms with Gasteiger partial charge in [0, 0.05) is 22.2 Å². The summed E-state index contributed by atoms with van der Waals surface area (Å²) in [7, 11) is 0. The van der Waals surface area contributed by atoms with Crippen LogP contribution in [0.5, 0.6) is 0 Å². The summed E-state index contributed by atoms with van der Waals surface area (Å²) in [6, 6.07) is 11.8. The Morgan fingerprint density at radius 2 is 1.95 bits per heavy atom. The fourth-order valence-corrected chi connectivity index (χ4v) is 5.44. The summed E-state index contributed by atoms with van der Waals surface area (Å²) in [4.78, 5) is 31.0. The van der Waals surface area contributed by atoms with Crippen LogP contribution in [0.25, 0.3) is 22.5 Å². The SMILES string of the molecule is CC1C(=O)Nc2cnn(C(F)F)c2-c2cccc(c2)C(n2cnc(-c3cc(Cl)ccc3N(N)/C=C(\N)Cl)cc2=O)CCC1F. The van der Waals surface area contributed by atoms with Crippen LogP contribution in [-0.2, 0) is 4.79 Å². The quantitative estimate of drug-likeness (QED) is 0.142. The molecule has 230 valence electrons. The Balaban J connectivity index is 1.63. The second-order valence-electron chi connectivity index (χ2n) is 10.2. The summed E-state index contributed by atoms with van der Waals surface area (Å²) >= 11 is 12.0. The molecule has 3 unspecified atom stereocenters. The Morgan fingerprint density at radius 1 is 1.18 bits per heavy atom. The molecule has 4 aromatic rings. The lowest BCUT2D eigenvalue weighted by Gasteiger charge is -2.25. The highest BCUT2D eigenvalue weighted by Crippen LogP contribution is 2.36. The molecule has 1 amide bonds. The van der Waals surface area contributed by atoms with Crippen molar-refractivity contribution in [2.24, 2.45) is 17.5 Å². The molecule has 1 aliphatic rings. The van der Waals surface area contributed by atoms with Gasteiger partial charge in [-0.3, -0.25) is 19.2 Å². The van der Waals surface area contributed by atoms with Crippen molar-refractivity contribution in [1.29, 1.82) is 0 Å². The molecule has 10 nitrogen and oxygen atoms in total. The van der Waals surface area contributed by atoms with E-state index in [0.717, 1.165) is 11.2 Å². The third kappa shape index (κ3) is 6.30. The summed E-state index contributed by atoms with van der Waals surface area (Å²) < 4.78 is 45.0. The van der Waals surface area contributed by atoms with Crippen LogP contribution >= 0.6 is 23.2 Å². The molecule has 0 fully saturated rings. The van der Waals surface area contributed by atoms with E-state index in [-0.39, 0.29) is 35.1 Å². The standard InChI is InChI=1S/C29H27Cl2F3N8O2/c1-15-20(32)6-8-23(16-3-2-4-17(9-16)27-22(39-28(15)44)12-38-42(27)29(33)34)40-14-37-21(11-26(40)43)19-10-18(30)5-7-24(19)41(36)13-25(31)35/h2-5,7,9-15,20,23,29H,6,8,35-36H2,1H3,(H,39,44)/b25-13-. The molecule has 0 radical (unpaired) electrons. The third-order valence-electron chi connectivity index (χ3n) is 7.40. The summed E-state index contributed by atoms with van der Waals surface area (Å²) in [6.07, 6.45) is 2.12. The first kappa shape index (κ1) is 31.1. The van der Waals surface area contributed by atoms with Crippen LogP contribution < -0.4 is 27.5 Å². The number of alkyl halides is 3. The normalized spacial score (nSPS) is 19.1. The topological polar surface area (TPSA) is 137 Å². The molecule has 0 saturated heterocycles. The summed E-state index contributed by atoms with van der Waals surface area (Å²) in [6.45, 7) is -1.60. The molecule has 44 heavy (non-hydrogen) atoms. The molecule has 2 aromatic heterocycles.